The van der Waals surface area contributed by atoms with Crippen LogP contribution in [0.25, 0.3) is 0 Å². The second kappa shape index (κ2) is 5.19. The van der Waals surface area contributed by atoms with Crippen LogP contribution < -0.4 is 10.1 Å². The van der Waals surface area contributed by atoms with E-state index in [1.165, 1.54) is 26.4 Å². The highest BCUT2D eigenvalue weighted by atomic mass is 19.1. The Bertz CT molecular complexity index is 355. The van der Waals surface area contributed by atoms with Gasteiger partial charge in [-0.15, -0.1) is 0 Å². The first-order chi connectivity index (χ1) is 7.17. The largest absolute Gasteiger partial charge is 0.494 e. The molecule has 0 aliphatic carbocycles. The van der Waals surface area contributed by atoms with E-state index in [1.807, 2.05) is 0 Å². The number of halogens is 1. The molecular formula is C10H12FNO3. The van der Waals surface area contributed by atoms with E-state index in [2.05, 4.69) is 10.1 Å². The summed E-state index contributed by atoms with van der Waals surface area (Å²) in [6.07, 6.45) is 0. The molecule has 1 N–H and O–H groups in total. The summed E-state index contributed by atoms with van der Waals surface area (Å²) in [6, 6.07) is 4.35. The predicted octanol–water partition coefficient (Wildman–Crippen LogP) is 1.42. The lowest BCUT2D eigenvalue weighted by atomic mass is 10.3. The van der Waals surface area contributed by atoms with E-state index in [9.17, 15) is 9.18 Å². The van der Waals surface area contributed by atoms with Crippen LogP contribution in [0.2, 0.25) is 0 Å². The number of carbonyl (C=O) groups excluding carboxylic acids is 1. The van der Waals surface area contributed by atoms with Crippen molar-refractivity contribution in [2.75, 3.05) is 26.1 Å². The lowest BCUT2D eigenvalue weighted by Gasteiger charge is -2.06. The molecule has 0 aromatic heterocycles. The van der Waals surface area contributed by atoms with Crippen LogP contribution in [0, 0.1) is 5.82 Å². The van der Waals surface area contributed by atoms with Crippen molar-refractivity contribution in [3.63, 3.8) is 0 Å². The van der Waals surface area contributed by atoms with E-state index in [4.69, 9.17) is 4.74 Å². The zero-order chi connectivity index (χ0) is 11.3. The van der Waals surface area contributed by atoms with Gasteiger partial charge in [0.05, 0.1) is 14.2 Å². The maximum atomic E-state index is 13.2. The minimum Gasteiger partial charge on any atom is -0.494 e. The zero-order valence-corrected chi connectivity index (χ0v) is 8.54. The maximum absolute atomic E-state index is 13.2. The minimum atomic E-state index is -0.479. The van der Waals surface area contributed by atoms with Gasteiger partial charge in [0.2, 0.25) is 0 Å². The molecule has 0 spiro atoms. The van der Waals surface area contributed by atoms with Gasteiger partial charge in [-0.3, -0.25) is 4.79 Å². The summed E-state index contributed by atoms with van der Waals surface area (Å²) in [7, 11) is 2.68. The Kier molecular flexibility index (Phi) is 3.91. The second-order valence-corrected chi connectivity index (χ2v) is 2.78. The number of methoxy groups -OCH3 is 2. The molecule has 0 heterocycles. The van der Waals surface area contributed by atoms with E-state index in [-0.39, 0.29) is 12.3 Å². The summed E-state index contributed by atoms with van der Waals surface area (Å²) in [5.41, 5.74) is 0.499. The summed E-state index contributed by atoms with van der Waals surface area (Å²) in [5.74, 6) is -0.725. The average molecular weight is 213 g/mol. The predicted molar refractivity (Wildman–Crippen MR) is 53.5 cm³/mol. The van der Waals surface area contributed by atoms with Crippen LogP contribution in [-0.4, -0.2) is 26.7 Å². The van der Waals surface area contributed by atoms with Crippen molar-refractivity contribution in [1.29, 1.82) is 0 Å². The van der Waals surface area contributed by atoms with Gasteiger partial charge in [-0.2, -0.15) is 0 Å². The Morgan fingerprint density at radius 2 is 2.20 bits per heavy atom. The molecule has 0 aliphatic rings. The molecule has 4 nitrogen and oxygen atoms in total. The summed E-state index contributed by atoms with van der Waals surface area (Å²) < 4.78 is 22.4. The highest BCUT2D eigenvalue weighted by Gasteiger charge is 2.04. The van der Waals surface area contributed by atoms with Gasteiger partial charge >= 0.3 is 5.97 Å². The fourth-order valence-corrected chi connectivity index (χ4v) is 1.02. The number of benzene rings is 1. The van der Waals surface area contributed by atoms with E-state index >= 15 is 0 Å². The molecule has 0 atom stereocenters. The van der Waals surface area contributed by atoms with Gasteiger partial charge < -0.3 is 14.8 Å². The van der Waals surface area contributed by atoms with Gasteiger partial charge in [0, 0.05) is 11.8 Å². The number of anilines is 1. The smallest absolute Gasteiger partial charge is 0.325 e. The van der Waals surface area contributed by atoms with E-state index < -0.39 is 11.8 Å². The summed E-state index contributed by atoms with van der Waals surface area (Å²) in [5, 5.41) is 2.72. The van der Waals surface area contributed by atoms with Crippen LogP contribution >= 0.6 is 0 Å². The molecule has 0 radical (unpaired) electrons. The number of esters is 1. The highest BCUT2D eigenvalue weighted by molar-refractivity contribution is 5.74. The Balaban J connectivity index is 2.63. The molecule has 1 aromatic carbocycles. The molecule has 0 aliphatic heterocycles. The lowest BCUT2D eigenvalue weighted by Crippen LogP contribution is -2.14. The number of carbonyl (C=O) groups is 1. The molecule has 5 heteroatoms. The molecule has 15 heavy (non-hydrogen) atoms. The quantitative estimate of drug-likeness (QED) is 0.768. The SMILES string of the molecule is COC(=O)CNc1ccc(OC)c(F)c1. The lowest BCUT2D eigenvalue weighted by molar-refractivity contribution is -0.138. The minimum absolute atomic E-state index is 0.00225. The number of hydrogen-bond acceptors (Lipinski definition) is 4. The maximum Gasteiger partial charge on any atom is 0.325 e. The number of nitrogens with one attached hydrogen (secondary N) is 1. The molecule has 0 amide bonds. The third kappa shape index (κ3) is 3.12. The Morgan fingerprint density at radius 1 is 1.47 bits per heavy atom. The fourth-order valence-electron chi connectivity index (χ4n) is 1.02. The first-order valence-electron chi connectivity index (χ1n) is 4.31. The topological polar surface area (TPSA) is 47.6 Å². The molecular weight excluding hydrogens is 201 g/mol. The number of rotatable bonds is 4. The second-order valence-electron chi connectivity index (χ2n) is 2.78. The van der Waals surface area contributed by atoms with Crippen molar-refractivity contribution in [3.05, 3.63) is 24.0 Å². The fraction of sp³-hybridized carbons (Fsp3) is 0.300. The van der Waals surface area contributed by atoms with Crippen molar-refractivity contribution in [3.8, 4) is 5.75 Å². The van der Waals surface area contributed by atoms with E-state index in [1.54, 1.807) is 6.07 Å². The molecule has 82 valence electrons. The van der Waals surface area contributed by atoms with E-state index in [0.717, 1.165) is 0 Å². The van der Waals surface area contributed by atoms with Crippen LogP contribution in [0.4, 0.5) is 10.1 Å². The summed E-state index contributed by atoms with van der Waals surface area (Å²) in [6.45, 7) is 0.00225. The molecule has 0 fully saturated rings. The molecule has 1 aromatic rings. The van der Waals surface area contributed by atoms with Crippen molar-refractivity contribution >= 4 is 11.7 Å². The van der Waals surface area contributed by atoms with Gasteiger partial charge in [0.1, 0.15) is 6.54 Å². The Hall–Kier alpha value is -1.78. The van der Waals surface area contributed by atoms with Crippen molar-refractivity contribution in [2.45, 2.75) is 0 Å². The van der Waals surface area contributed by atoms with Gasteiger partial charge in [0.25, 0.3) is 0 Å². The number of hydrogen-bond donors (Lipinski definition) is 1. The number of ether oxygens (including phenoxy) is 2. The zero-order valence-electron chi connectivity index (χ0n) is 8.54. The van der Waals surface area contributed by atoms with Crippen molar-refractivity contribution < 1.29 is 18.7 Å². The van der Waals surface area contributed by atoms with Crippen LogP contribution in [0.15, 0.2) is 18.2 Å². The first-order valence-corrected chi connectivity index (χ1v) is 4.31. The van der Waals surface area contributed by atoms with Crippen LogP contribution in [0.3, 0.4) is 0 Å². The van der Waals surface area contributed by atoms with Crippen molar-refractivity contribution in [1.82, 2.24) is 0 Å². The monoisotopic (exact) mass is 213 g/mol. The summed E-state index contributed by atoms with van der Waals surface area (Å²) >= 11 is 0. The highest BCUT2D eigenvalue weighted by Crippen LogP contribution is 2.20. The molecule has 0 saturated carbocycles. The van der Waals surface area contributed by atoms with Crippen LogP contribution in [0.5, 0.6) is 5.75 Å². The third-order valence-electron chi connectivity index (χ3n) is 1.82. The van der Waals surface area contributed by atoms with Crippen LogP contribution in [0.1, 0.15) is 0 Å². The van der Waals surface area contributed by atoms with Gasteiger partial charge in [-0.1, -0.05) is 0 Å². The Labute approximate surface area is 87.0 Å². The van der Waals surface area contributed by atoms with Crippen molar-refractivity contribution in [2.24, 2.45) is 0 Å². The first kappa shape index (κ1) is 11.3. The van der Waals surface area contributed by atoms with Gasteiger partial charge in [-0.05, 0) is 12.1 Å². The summed E-state index contributed by atoms with van der Waals surface area (Å²) in [4.78, 5) is 10.8. The molecule has 0 bridgehead atoms. The molecule has 1 rings (SSSR count). The van der Waals surface area contributed by atoms with Crippen LogP contribution in [-0.2, 0) is 9.53 Å². The average Bonchev–Trinajstić information content (AvgIpc) is 2.26. The van der Waals surface area contributed by atoms with Gasteiger partial charge in [-0.25, -0.2) is 4.39 Å². The molecule has 0 saturated heterocycles. The normalized spacial score (nSPS) is 9.53. The van der Waals surface area contributed by atoms with E-state index in [0.29, 0.717) is 5.69 Å². The molecule has 0 unspecified atom stereocenters. The van der Waals surface area contributed by atoms with Gasteiger partial charge in [0.15, 0.2) is 11.6 Å². The third-order valence-corrected chi connectivity index (χ3v) is 1.82. The standard InChI is InChI=1S/C10H12FNO3/c1-14-9-4-3-7(5-8(9)11)12-6-10(13)15-2/h3-5,12H,6H2,1-2H3. The Morgan fingerprint density at radius 3 is 2.73 bits per heavy atom.